The summed E-state index contributed by atoms with van der Waals surface area (Å²) < 4.78 is 62.5. The normalized spacial score (nSPS) is 11.8. The number of methoxy groups -OCH3 is 2. The van der Waals surface area contributed by atoms with Crippen LogP contribution in [0.25, 0.3) is 27.8 Å². The molecule has 0 saturated heterocycles. The van der Waals surface area contributed by atoms with Crippen molar-refractivity contribution in [2.75, 3.05) is 34.0 Å². The molecule has 1 N–H and O–H groups in total. The maximum Gasteiger partial charge on any atom is 0.408 e. The van der Waals surface area contributed by atoms with Crippen LogP contribution in [0.3, 0.4) is 0 Å². The first kappa shape index (κ1) is 26.1. The molecule has 0 amide bonds. The molecule has 0 bridgehead atoms. The molecule has 0 radical (unpaired) electrons. The van der Waals surface area contributed by atoms with Crippen molar-refractivity contribution >= 4 is 10.9 Å². The highest BCUT2D eigenvalue weighted by Crippen LogP contribution is 2.42. The van der Waals surface area contributed by atoms with Gasteiger partial charge in [0.05, 0.1) is 43.3 Å². The summed E-state index contributed by atoms with van der Waals surface area (Å²) in [6.07, 6.45) is -0.485. The second-order valence-electron chi connectivity index (χ2n) is 8.03. The van der Waals surface area contributed by atoms with E-state index in [1.807, 2.05) is 6.92 Å². The van der Waals surface area contributed by atoms with E-state index in [4.69, 9.17) is 23.9 Å². The number of aromatic nitrogens is 5. The molecular weight excluding hydrogens is 495 g/mol. The first-order chi connectivity index (χ1) is 17.7. The molecule has 4 heterocycles. The van der Waals surface area contributed by atoms with Crippen molar-refractivity contribution in [1.82, 2.24) is 24.3 Å². The molecule has 0 atom stereocenters. The molecule has 4 aromatic rings. The molecule has 0 aliphatic carbocycles. The zero-order valence-corrected chi connectivity index (χ0v) is 20.7. The number of alkyl halides is 3. The van der Waals surface area contributed by atoms with Gasteiger partial charge in [-0.15, -0.1) is 0 Å². The van der Waals surface area contributed by atoms with Crippen molar-refractivity contribution in [3.8, 4) is 40.3 Å². The van der Waals surface area contributed by atoms with Gasteiger partial charge in [-0.2, -0.15) is 18.3 Å². The van der Waals surface area contributed by atoms with Gasteiger partial charge in [0, 0.05) is 25.1 Å². The Morgan fingerprint density at radius 2 is 1.86 bits per heavy atom. The van der Waals surface area contributed by atoms with Crippen LogP contribution in [0.1, 0.15) is 12.5 Å². The summed E-state index contributed by atoms with van der Waals surface area (Å²) >= 11 is 0. The van der Waals surface area contributed by atoms with Crippen molar-refractivity contribution in [2.24, 2.45) is 0 Å². The fourth-order valence-electron chi connectivity index (χ4n) is 3.89. The first-order valence-electron chi connectivity index (χ1n) is 11.3. The minimum Gasteiger partial charge on any atom is -0.494 e. The van der Waals surface area contributed by atoms with Gasteiger partial charge >= 0.3 is 6.18 Å². The van der Waals surface area contributed by atoms with Crippen molar-refractivity contribution in [2.45, 2.75) is 26.6 Å². The number of pyridine rings is 2. The van der Waals surface area contributed by atoms with E-state index >= 15 is 0 Å². The highest BCUT2D eigenvalue weighted by Gasteiger charge is 2.29. The van der Waals surface area contributed by atoms with Crippen molar-refractivity contribution in [1.29, 1.82) is 0 Å². The van der Waals surface area contributed by atoms with Gasteiger partial charge in [-0.05, 0) is 31.5 Å². The average Bonchev–Trinajstić information content (AvgIpc) is 3.40. The SMILES string of the molecule is CCOc1cc(-c2cc(C)c3c(O)n(-c4cnn(CC(F)(F)F)c4)c(OCCOC)c3n2)cnc1OC. The van der Waals surface area contributed by atoms with Gasteiger partial charge in [-0.1, -0.05) is 0 Å². The Hall–Kier alpha value is -4.00. The first-order valence-corrected chi connectivity index (χ1v) is 11.3. The van der Waals surface area contributed by atoms with Crippen molar-refractivity contribution < 1.29 is 37.2 Å². The van der Waals surface area contributed by atoms with Crippen LogP contribution >= 0.6 is 0 Å². The number of ether oxygens (including phenoxy) is 4. The average molecular weight is 521 g/mol. The Morgan fingerprint density at radius 1 is 1.08 bits per heavy atom. The van der Waals surface area contributed by atoms with Crippen LogP contribution in [-0.2, 0) is 11.3 Å². The van der Waals surface area contributed by atoms with Gasteiger partial charge in [-0.25, -0.2) is 14.5 Å². The summed E-state index contributed by atoms with van der Waals surface area (Å²) in [7, 11) is 3.00. The quantitative estimate of drug-likeness (QED) is 0.308. The van der Waals surface area contributed by atoms with Gasteiger partial charge < -0.3 is 24.1 Å². The number of hydrogen-bond acceptors (Lipinski definition) is 8. The van der Waals surface area contributed by atoms with Crippen LogP contribution in [0.5, 0.6) is 23.4 Å². The molecule has 10 nitrogen and oxygen atoms in total. The Morgan fingerprint density at radius 3 is 2.54 bits per heavy atom. The van der Waals surface area contributed by atoms with Gasteiger partial charge in [0.1, 0.15) is 18.7 Å². The van der Waals surface area contributed by atoms with E-state index in [0.29, 0.717) is 46.0 Å². The molecule has 0 saturated carbocycles. The Labute approximate surface area is 210 Å². The van der Waals surface area contributed by atoms with Crippen LogP contribution in [-0.4, -0.2) is 69.6 Å². The monoisotopic (exact) mass is 521 g/mol. The zero-order chi connectivity index (χ0) is 26.7. The highest BCUT2D eigenvalue weighted by atomic mass is 19.4. The second-order valence-corrected chi connectivity index (χ2v) is 8.03. The molecule has 0 aliphatic rings. The van der Waals surface area contributed by atoms with E-state index in [1.165, 1.54) is 31.2 Å². The highest BCUT2D eigenvalue weighted by molar-refractivity contribution is 5.95. The summed E-state index contributed by atoms with van der Waals surface area (Å²) in [5, 5.41) is 15.3. The minimum atomic E-state index is -4.45. The molecule has 4 aromatic heterocycles. The van der Waals surface area contributed by atoms with E-state index in [-0.39, 0.29) is 30.7 Å². The topological polar surface area (TPSA) is 106 Å². The summed E-state index contributed by atoms with van der Waals surface area (Å²) in [6, 6.07) is 3.50. The predicted molar refractivity (Wildman–Crippen MR) is 128 cm³/mol. The van der Waals surface area contributed by atoms with Gasteiger partial charge in [-0.3, -0.25) is 4.68 Å². The molecule has 4 rings (SSSR count). The summed E-state index contributed by atoms with van der Waals surface area (Å²) in [5.41, 5.74) is 2.29. The Balaban J connectivity index is 1.88. The number of fused-ring (bicyclic) bond motifs is 1. The molecule has 0 aliphatic heterocycles. The number of aryl methyl sites for hydroxylation is 1. The maximum absolute atomic E-state index is 12.9. The van der Waals surface area contributed by atoms with Crippen LogP contribution in [0.2, 0.25) is 0 Å². The van der Waals surface area contributed by atoms with Gasteiger partial charge in [0.15, 0.2) is 5.75 Å². The third-order valence-electron chi connectivity index (χ3n) is 5.41. The molecule has 0 spiro atoms. The summed E-state index contributed by atoms with van der Waals surface area (Å²) in [5.74, 6) is 0.656. The maximum atomic E-state index is 12.9. The fraction of sp³-hybridized carbons (Fsp3) is 0.375. The second kappa shape index (κ2) is 10.5. The van der Waals surface area contributed by atoms with E-state index in [2.05, 4.69) is 10.1 Å². The standard InChI is InChI=1S/C24H26F3N5O5/c1-5-36-18-9-15(10-28-21(18)35-4)17-8-14(2)19-20(30-17)23(37-7-6-34-3)32(22(19)33)16-11-29-31(12-16)13-24(25,26)27/h8-12,33H,5-7,13H2,1-4H3. The third kappa shape index (κ3) is 5.40. The molecule has 198 valence electrons. The van der Waals surface area contributed by atoms with Crippen LogP contribution in [0.4, 0.5) is 13.2 Å². The molecule has 37 heavy (non-hydrogen) atoms. The molecule has 0 fully saturated rings. The number of rotatable bonds is 10. The van der Waals surface area contributed by atoms with E-state index in [1.54, 1.807) is 25.3 Å². The smallest absolute Gasteiger partial charge is 0.408 e. The lowest BCUT2D eigenvalue weighted by atomic mass is 10.1. The van der Waals surface area contributed by atoms with Crippen LogP contribution in [0, 0.1) is 6.92 Å². The number of hydrogen-bond donors (Lipinski definition) is 1. The fourth-order valence-corrected chi connectivity index (χ4v) is 3.89. The summed E-state index contributed by atoms with van der Waals surface area (Å²) in [6.45, 7) is 3.09. The predicted octanol–water partition coefficient (Wildman–Crippen LogP) is 4.29. The molecule has 0 unspecified atom stereocenters. The number of aromatic hydroxyl groups is 1. The lowest BCUT2D eigenvalue weighted by Crippen LogP contribution is -2.17. The van der Waals surface area contributed by atoms with Crippen LogP contribution < -0.4 is 14.2 Å². The van der Waals surface area contributed by atoms with E-state index in [9.17, 15) is 18.3 Å². The molecular formula is C24H26F3N5O5. The number of nitrogens with zero attached hydrogens (tertiary/aromatic N) is 5. The Bertz CT molecular complexity index is 1400. The minimum absolute atomic E-state index is 0.106. The lowest BCUT2D eigenvalue weighted by Gasteiger charge is -2.11. The summed E-state index contributed by atoms with van der Waals surface area (Å²) in [4.78, 5) is 9.02. The van der Waals surface area contributed by atoms with E-state index in [0.717, 1.165) is 4.68 Å². The van der Waals surface area contributed by atoms with Gasteiger partial charge in [0.25, 0.3) is 5.88 Å². The Kier molecular flexibility index (Phi) is 7.43. The third-order valence-corrected chi connectivity index (χ3v) is 5.41. The zero-order valence-electron chi connectivity index (χ0n) is 20.7. The number of halogens is 3. The van der Waals surface area contributed by atoms with Crippen molar-refractivity contribution in [3.63, 3.8) is 0 Å². The molecule has 0 aromatic carbocycles. The molecule has 13 heteroatoms. The van der Waals surface area contributed by atoms with Gasteiger partial charge in [0.2, 0.25) is 11.8 Å². The van der Waals surface area contributed by atoms with E-state index < -0.39 is 12.7 Å². The van der Waals surface area contributed by atoms with Crippen molar-refractivity contribution in [3.05, 3.63) is 36.3 Å². The largest absolute Gasteiger partial charge is 0.494 e. The van der Waals surface area contributed by atoms with Crippen LogP contribution in [0.15, 0.2) is 30.7 Å². The lowest BCUT2D eigenvalue weighted by molar-refractivity contribution is -0.142.